The minimum absolute atomic E-state index is 0.0129. The Kier molecular flexibility index (Phi) is 5.82. The Hall–Kier alpha value is -2.07. The third-order valence-electron chi connectivity index (χ3n) is 2.00. The molecule has 0 spiro atoms. The quantitative estimate of drug-likeness (QED) is 0.280. The second kappa shape index (κ2) is 7.38. The maximum Gasteiger partial charge on any atom is 0.311 e. The predicted molar refractivity (Wildman–Crippen MR) is 64.0 cm³/mol. The largest absolute Gasteiger partial charge is 0.374 e. The van der Waals surface area contributed by atoms with Crippen molar-refractivity contribution in [2.45, 2.75) is 6.43 Å². The number of hydrazine groups is 1. The Bertz CT molecular complexity index is 432. The number of hydrogen-bond acceptors (Lipinski definition) is 7. The first-order chi connectivity index (χ1) is 9.04. The molecule has 4 N–H and O–H groups in total. The average molecular weight is 277 g/mol. The van der Waals surface area contributed by atoms with E-state index in [2.05, 4.69) is 20.5 Å². The van der Waals surface area contributed by atoms with Crippen molar-refractivity contribution in [3.05, 3.63) is 22.2 Å². The fourth-order valence-corrected chi connectivity index (χ4v) is 1.22. The van der Waals surface area contributed by atoms with Crippen molar-refractivity contribution in [2.24, 2.45) is 5.84 Å². The maximum absolute atomic E-state index is 11.8. The van der Waals surface area contributed by atoms with Crippen molar-refractivity contribution in [1.82, 2.24) is 4.98 Å². The summed E-state index contributed by atoms with van der Waals surface area (Å²) in [7, 11) is 0. The maximum atomic E-state index is 11.8. The van der Waals surface area contributed by atoms with Crippen molar-refractivity contribution < 1.29 is 18.4 Å². The molecule has 1 heterocycles. The van der Waals surface area contributed by atoms with E-state index >= 15 is 0 Å². The number of rotatable bonds is 8. The normalized spacial score (nSPS) is 10.5. The fraction of sp³-hybridized carbons (Fsp3) is 0.444. The first-order valence-corrected chi connectivity index (χ1v) is 5.26. The molecule has 106 valence electrons. The van der Waals surface area contributed by atoms with Gasteiger partial charge in [0.05, 0.1) is 11.5 Å². The van der Waals surface area contributed by atoms with Crippen LogP contribution in [0.2, 0.25) is 0 Å². The van der Waals surface area contributed by atoms with Gasteiger partial charge in [0.2, 0.25) is 5.82 Å². The summed E-state index contributed by atoms with van der Waals surface area (Å²) >= 11 is 0. The fourth-order valence-electron chi connectivity index (χ4n) is 1.22. The van der Waals surface area contributed by atoms with E-state index in [1.54, 1.807) is 0 Å². The summed E-state index contributed by atoms with van der Waals surface area (Å²) in [6.07, 6.45) is -2.54. The van der Waals surface area contributed by atoms with Crippen LogP contribution < -0.4 is 16.6 Å². The van der Waals surface area contributed by atoms with Crippen LogP contribution in [0.1, 0.15) is 0 Å². The van der Waals surface area contributed by atoms with Gasteiger partial charge in [0.15, 0.2) is 0 Å². The molecule has 0 amide bonds. The highest BCUT2D eigenvalue weighted by molar-refractivity contribution is 5.59. The summed E-state index contributed by atoms with van der Waals surface area (Å²) in [5, 5.41) is 13.4. The highest BCUT2D eigenvalue weighted by Crippen LogP contribution is 2.23. The topological polar surface area (TPSA) is 115 Å². The van der Waals surface area contributed by atoms with Gasteiger partial charge < -0.3 is 15.5 Å². The van der Waals surface area contributed by atoms with Gasteiger partial charge in [0.1, 0.15) is 12.4 Å². The molecule has 10 heteroatoms. The number of anilines is 2. The van der Waals surface area contributed by atoms with Crippen molar-refractivity contribution in [3.63, 3.8) is 0 Å². The summed E-state index contributed by atoms with van der Waals surface area (Å²) in [6.45, 7) is -0.598. The van der Waals surface area contributed by atoms with E-state index in [1.165, 1.54) is 12.1 Å². The molecule has 0 saturated carbocycles. The first kappa shape index (κ1) is 15.0. The molecule has 19 heavy (non-hydrogen) atoms. The van der Waals surface area contributed by atoms with Crippen molar-refractivity contribution in [1.29, 1.82) is 0 Å². The molecular weight excluding hydrogens is 264 g/mol. The van der Waals surface area contributed by atoms with Crippen LogP contribution in [0, 0.1) is 10.1 Å². The van der Waals surface area contributed by atoms with Crippen molar-refractivity contribution >= 4 is 17.3 Å². The smallest absolute Gasteiger partial charge is 0.311 e. The Balaban J connectivity index is 2.57. The molecule has 0 unspecified atom stereocenters. The van der Waals surface area contributed by atoms with Crippen LogP contribution in [0.4, 0.5) is 26.1 Å². The molecule has 1 rings (SSSR count). The van der Waals surface area contributed by atoms with Crippen LogP contribution in [0.5, 0.6) is 0 Å². The number of ether oxygens (including phenoxy) is 1. The zero-order chi connectivity index (χ0) is 14.3. The molecule has 0 aromatic carbocycles. The van der Waals surface area contributed by atoms with Gasteiger partial charge in [0, 0.05) is 12.6 Å². The van der Waals surface area contributed by atoms with Gasteiger partial charge in [-0.3, -0.25) is 10.1 Å². The lowest BCUT2D eigenvalue weighted by Gasteiger charge is -2.08. The number of nitrogens with zero attached hydrogens (tertiary/aromatic N) is 2. The molecule has 0 aliphatic rings. The second-order valence-corrected chi connectivity index (χ2v) is 3.36. The molecule has 0 saturated heterocycles. The van der Waals surface area contributed by atoms with Gasteiger partial charge in [-0.15, -0.1) is 0 Å². The van der Waals surface area contributed by atoms with Crippen LogP contribution in [0.3, 0.4) is 0 Å². The second-order valence-electron chi connectivity index (χ2n) is 3.36. The standard InChI is InChI=1S/C9H13F2N5O3/c10-7(11)5-19-4-3-13-9-6(16(17)18)1-2-8(14-9)15-12/h1-2,7H,3-5,12H2,(H2,13,14,15). The molecule has 1 aromatic rings. The lowest BCUT2D eigenvalue weighted by atomic mass is 10.3. The van der Waals surface area contributed by atoms with Gasteiger partial charge in [-0.1, -0.05) is 0 Å². The predicted octanol–water partition coefficient (Wildman–Crippen LogP) is 0.969. The number of nitro groups is 1. The van der Waals surface area contributed by atoms with E-state index in [0.29, 0.717) is 0 Å². The van der Waals surface area contributed by atoms with Crippen LogP contribution in [0.25, 0.3) is 0 Å². The number of alkyl halides is 2. The Morgan fingerprint density at radius 2 is 2.26 bits per heavy atom. The molecule has 0 aliphatic heterocycles. The molecular formula is C9H13F2N5O3. The minimum Gasteiger partial charge on any atom is -0.374 e. The number of halogens is 2. The van der Waals surface area contributed by atoms with Crippen LogP contribution in [0.15, 0.2) is 12.1 Å². The third-order valence-corrected chi connectivity index (χ3v) is 2.00. The van der Waals surface area contributed by atoms with Gasteiger partial charge in [-0.2, -0.15) is 0 Å². The molecule has 0 atom stereocenters. The first-order valence-electron chi connectivity index (χ1n) is 5.26. The van der Waals surface area contributed by atoms with Crippen molar-refractivity contribution in [2.75, 3.05) is 30.5 Å². The number of pyridine rings is 1. The number of hydrogen-bond donors (Lipinski definition) is 3. The van der Waals surface area contributed by atoms with Crippen LogP contribution in [-0.4, -0.2) is 36.1 Å². The molecule has 0 radical (unpaired) electrons. The van der Waals surface area contributed by atoms with Gasteiger partial charge >= 0.3 is 5.69 Å². The summed E-state index contributed by atoms with van der Waals surface area (Å²) in [5.74, 6) is 5.36. The molecule has 0 fully saturated rings. The SMILES string of the molecule is NNc1ccc([N+](=O)[O-])c(NCCOCC(F)F)n1. The Morgan fingerprint density at radius 1 is 1.53 bits per heavy atom. The molecule has 8 nitrogen and oxygen atoms in total. The monoisotopic (exact) mass is 277 g/mol. The van der Waals surface area contributed by atoms with Gasteiger partial charge in [0.25, 0.3) is 6.43 Å². The third kappa shape index (κ3) is 4.97. The number of nitrogens with one attached hydrogen (secondary N) is 2. The summed E-state index contributed by atoms with van der Waals surface area (Å²) < 4.78 is 28.2. The van der Waals surface area contributed by atoms with E-state index in [0.717, 1.165) is 0 Å². The molecule has 1 aromatic heterocycles. The van der Waals surface area contributed by atoms with E-state index in [4.69, 9.17) is 5.84 Å². The van der Waals surface area contributed by atoms with Crippen LogP contribution >= 0.6 is 0 Å². The number of nitrogens with two attached hydrogens (primary N) is 1. The van der Waals surface area contributed by atoms with Crippen LogP contribution in [-0.2, 0) is 4.74 Å². The Labute approximate surface area is 107 Å². The number of nitrogen functional groups attached to an aromatic ring is 1. The minimum atomic E-state index is -2.54. The summed E-state index contributed by atoms with van der Waals surface area (Å²) in [6, 6.07) is 2.57. The van der Waals surface area contributed by atoms with Gasteiger partial charge in [-0.25, -0.2) is 19.6 Å². The van der Waals surface area contributed by atoms with E-state index in [9.17, 15) is 18.9 Å². The van der Waals surface area contributed by atoms with E-state index in [1.807, 2.05) is 0 Å². The van der Waals surface area contributed by atoms with E-state index < -0.39 is 18.0 Å². The number of aromatic nitrogens is 1. The van der Waals surface area contributed by atoms with Crippen molar-refractivity contribution in [3.8, 4) is 0 Å². The molecule has 0 aliphatic carbocycles. The zero-order valence-corrected chi connectivity index (χ0v) is 9.81. The lowest BCUT2D eigenvalue weighted by molar-refractivity contribution is -0.384. The highest BCUT2D eigenvalue weighted by Gasteiger charge is 2.15. The summed E-state index contributed by atoms with van der Waals surface area (Å²) in [5.41, 5.74) is 2.00. The average Bonchev–Trinajstić information content (AvgIpc) is 2.37. The van der Waals surface area contributed by atoms with Gasteiger partial charge in [-0.05, 0) is 6.07 Å². The zero-order valence-electron chi connectivity index (χ0n) is 9.81. The van der Waals surface area contributed by atoms with E-state index in [-0.39, 0.29) is 30.5 Å². The Morgan fingerprint density at radius 3 is 2.84 bits per heavy atom. The highest BCUT2D eigenvalue weighted by atomic mass is 19.3. The lowest BCUT2D eigenvalue weighted by Crippen LogP contribution is -2.15. The summed E-state index contributed by atoms with van der Waals surface area (Å²) in [4.78, 5) is 14.0. The molecule has 0 bridgehead atoms.